The molecular weight excluding hydrogens is 256 g/mol. The van der Waals surface area contributed by atoms with E-state index in [0.29, 0.717) is 26.2 Å². The Balaban J connectivity index is 1.91. The first-order chi connectivity index (χ1) is 9.70. The highest BCUT2D eigenvalue weighted by Gasteiger charge is 2.15. The molecule has 0 saturated heterocycles. The number of hydrogen-bond acceptors (Lipinski definition) is 4. The summed E-state index contributed by atoms with van der Waals surface area (Å²) in [6.45, 7) is 6.73. The molecule has 5 heteroatoms. The van der Waals surface area contributed by atoms with Crippen LogP contribution in [-0.4, -0.2) is 32.2 Å². The predicted molar refractivity (Wildman–Crippen MR) is 77.2 cm³/mol. The molecule has 0 aromatic heterocycles. The standard InChI is InChI=1S/C15H22N2O3/c1-3-16-7-6-15(18)17-11(2)12-4-5-13-14(10-12)20-9-8-19-13/h4-5,10-11,16H,3,6-9H2,1-2H3,(H,17,18). The molecule has 2 N–H and O–H groups in total. The van der Waals surface area contributed by atoms with Crippen molar-refractivity contribution in [3.05, 3.63) is 23.8 Å². The van der Waals surface area contributed by atoms with Crippen molar-refractivity contribution in [3.8, 4) is 11.5 Å². The lowest BCUT2D eigenvalue weighted by Gasteiger charge is -2.21. The maximum absolute atomic E-state index is 11.8. The first-order valence-corrected chi connectivity index (χ1v) is 7.10. The van der Waals surface area contributed by atoms with Crippen LogP contribution in [0.4, 0.5) is 0 Å². The van der Waals surface area contributed by atoms with Gasteiger partial charge >= 0.3 is 0 Å². The Hall–Kier alpha value is -1.75. The van der Waals surface area contributed by atoms with Crippen LogP contribution in [0.1, 0.15) is 31.9 Å². The number of benzene rings is 1. The van der Waals surface area contributed by atoms with E-state index in [9.17, 15) is 4.79 Å². The highest BCUT2D eigenvalue weighted by molar-refractivity contribution is 5.76. The number of carbonyl (C=O) groups excluding carboxylic acids is 1. The molecule has 1 aliphatic heterocycles. The molecule has 0 aliphatic carbocycles. The molecule has 0 bridgehead atoms. The average Bonchev–Trinajstić information content (AvgIpc) is 2.47. The normalized spacial score (nSPS) is 14.7. The van der Waals surface area contributed by atoms with Gasteiger partial charge in [0.1, 0.15) is 13.2 Å². The van der Waals surface area contributed by atoms with Crippen molar-refractivity contribution in [3.63, 3.8) is 0 Å². The van der Waals surface area contributed by atoms with Crippen LogP contribution in [0, 0.1) is 0 Å². The third kappa shape index (κ3) is 3.87. The molecule has 1 atom stereocenters. The fourth-order valence-electron chi connectivity index (χ4n) is 2.10. The van der Waals surface area contributed by atoms with Gasteiger partial charge in [0.15, 0.2) is 11.5 Å². The van der Waals surface area contributed by atoms with Crippen molar-refractivity contribution >= 4 is 5.91 Å². The van der Waals surface area contributed by atoms with Gasteiger partial charge in [-0.05, 0) is 31.2 Å². The Bertz CT molecular complexity index is 462. The van der Waals surface area contributed by atoms with E-state index >= 15 is 0 Å². The number of rotatable bonds is 6. The van der Waals surface area contributed by atoms with Crippen molar-refractivity contribution < 1.29 is 14.3 Å². The first-order valence-electron chi connectivity index (χ1n) is 7.10. The Morgan fingerprint density at radius 2 is 2.05 bits per heavy atom. The van der Waals surface area contributed by atoms with Gasteiger partial charge in [0.2, 0.25) is 5.91 Å². The second-order valence-electron chi connectivity index (χ2n) is 4.80. The fraction of sp³-hybridized carbons (Fsp3) is 0.533. The second kappa shape index (κ2) is 7.14. The highest BCUT2D eigenvalue weighted by Crippen LogP contribution is 2.32. The summed E-state index contributed by atoms with van der Waals surface area (Å²) in [7, 11) is 0. The quantitative estimate of drug-likeness (QED) is 0.777. The Morgan fingerprint density at radius 1 is 1.30 bits per heavy atom. The van der Waals surface area contributed by atoms with Crippen molar-refractivity contribution in [1.29, 1.82) is 0 Å². The topological polar surface area (TPSA) is 59.6 Å². The van der Waals surface area contributed by atoms with E-state index in [0.717, 1.165) is 23.6 Å². The summed E-state index contributed by atoms with van der Waals surface area (Å²) >= 11 is 0. The van der Waals surface area contributed by atoms with Crippen LogP contribution in [0.15, 0.2) is 18.2 Å². The minimum atomic E-state index is -0.0417. The van der Waals surface area contributed by atoms with Gasteiger partial charge in [-0.3, -0.25) is 4.79 Å². The molecule has 1 heterocycles. The monoisotopic (exact) mass is 278 g/mol. The molecular formula is C15H22N2O3. The van der Waals surface area contributed by atoms with Gasteiger partial charge in [-0.2, -0.15) is 0 Å². The van der Waals surface area contributed by atoms with Crippen molar-refractivity contribution in [2.75, 3.05) is 26.3 Å². The zero-order valence-corrected chi connectivity index (χ0v) is 12.1. The Morgan fingerprint density at radius 3 is 2.80 bits per heavy atom. The third-order valence-corrected chi connectivity index (χ3v) is 3.22. The van der Waals surface area contributed by atoms with Crippen LogP contribution in [0.2, 0.25) is 0 Å². The van der Waals surface area contributed by atoms with Crippen LogP contribution in [0.3, 0.4) is 0 Å². The molecule has 0 saturated carbocycles. The summed E-state index contributed by atoms with van der Waals surface area (Å²) < 4.78 is 11.0. The van der Waals surface area contributed by atoms with E-state index < -0.39 is 0 Å². The van der Waals surface area contributed by atoms with Gasteiger partial charge in [0.25, 0.3) is 0 Å². The van der Waals surface area contributed by atoms with Gasteiger partial charge in [0, 0.05) is 13.0 Å². The molecule has 20 heavy (non-hydrogen) atoms. The lowest BCUT2D eigenvalue weighted by molar-refractivity contribution is -0.121. The van der Waals surface area contributed by atoms with Gasteiger partial charge in [-0.1, -0.05) is 13.0 Å². The number of amides is 1. The largest absolute Gasteiger partial charge is 0.486 e. The molecule has 1 aliphatic rings. The maximum Gasteiger partial charge on any atom is 0.221 e. The first kappa shape index (κ1) is 14.7. The summed E-state index contributed by atoms with van der Waals surface area (Å²) in [5.74, 6) is 1.57. The van der Waals surface area contributed by atoms with Gasteiger partial charge in [-0.25, -0.2) is 0 Å². The van der Waals surface area contributed by atoms with E-state index in [4.69, 9.17) is 9.47 Å². The Labute approximate surface area is 119 Å². The molecule has 0 spiro atoms. The van der Waals surface area contributed by atoms with E-state index in [2.05, 4.69) is 10.6 Å². The lowest BCUT2D eigenvalue weighted by atomic mass is 10.1. The SMILES string of the molecule is CCNCCC(=O)NC(C)c1ccc2c(c1)OCCO2. The summed E-state index contributed by atoms with van der Waals surface area (Å²) in [6, 6.07) is 5.75. The molecule has 1 unspecified atom stereocenters. The molecule has 0 radical (unpaired) electrons. The molecule has 5 nitrogen and oxygen atoms in total. The number of ether oxygens (including phenoxy) is 2. The second-order valence-corrected chi connectivity index (χ2v) is 4.80. The molecule has 0 fully saturated rings. The molecule has 1 aromatic carbocycles. The molecule has 110 valence electrons. The number of fused-ring (bicyclic) bond motifs is 1. The fourth-order valence-corrected chi connectivity index (χ4v) is 2.10. The minimum Gasteiger partial charge on any atom is -0.486 e. The minimum absolute atomic E-state index is 0.0417. The van der Waals surface area contributed by atoms with E-state index in [1.165, 1.54) is 0 Å². The van der Waals surface area contributed by atoms with Crippen LogP contribution >= 0.6 is 0 Å². The summed E-state index contributed by atoms with van der Waals surface area (Å²) in [4.78, 5) is 11.8. The molecule has 1 aromatic rings. The number of hydrogen-bond donors (Lipinski definition) is 2. The van der Waals surface area contributed by atoms with Crippen LogP contribution in [0.5, 0.6) is 11.5 Å². The van der Waals surface area contributed by atoms with Gasteiger partial charge in [-0.15, -0.1) is 0 Å². The zero-order chi connectivity index (χ0) is 14.4. The average molecular weight is 278 g/mol. The number of carbonyl (C=O) groups is 1. The van der Waals surface area contributed by atoms with Crippen molar-refractivity contribution in [1.82, 2.24) is 10.6 Å². The zero-order valence-electron chi connectivity index (χ0n) is 12.1. The van der Waals surface area contributed by atoms with Crippen molar-refractivity contribution in [2.24, 2.45) is 0 Å². The lowest BCUT2D eigenvalue weighted by Crippen LogP contribution is -2.29. The van der Waals surface area contributed by atoms with E-state index in [1.807, 2.05) is 32.0 Å². The van der Waals surface area contributed by atoms with E-state index in [1.54, 1.807) is 0 Å². The van der Waals surface area contributed by atoms with Crippen LogP contribution in [0.25, 0.3) is 0 Å². The summed E-state index contributed by atoms with van der Waals surface area (Å²) in [6.07, 6.45) is 0.489. The smallest absolute Gasteiger partial charge is 0.221 e. The van der Waals surface area contributed by atoms with E-state index in [-0.39, 0.29) is 11.9 Å². The third-order valence-electron chi connectivity index (χ3n) is 3.22. The van der Waals surface area contributed by atoms with Crippen LogP contribution in [-0.2, 0) is 4.79 Å². The summed E-state index contributed by atoms with van der Waals surface area (Å²) in [5, 5.41) is 6.12. The predicted octanol–water partition coefficient (Wildman–Crippen LogP) is 1.63. The molecule has 1 amide bonds. The highest BCUT2D eigenvalue weighted by atomic mass is 16.6. The van der Waals surface area contributed by atoms with Gasteiger partial charge in [0.05, 0.1) is 6.04 Å². The maximum atomic E-state index is 11.8. The van der Waals surface area contributed by atoms with Crippen LogP contribution < -0.4 is 20.1 Å². The summed E-state index contributed by atoms with van der Waals surface area (Å²) in [5.41, 5.74) is 1.02. The van der Waals surface area contributed by atoms with Gasteiger partial charge < -0.3 is 20.1 Å². The number of nitrogens with one attached hydrogen (secondary N) is 2. The molecule has 2 rings (SSSR count). The Kier molecular flexibility index (Phi) is 5.24. The van der Waals surface area contributed by atoms with Crippen molar-refractivity contribution in [2.45, 2.75) is 26.3 Å².